The van der Waals surface area contributed by atoms with Gasteiger partial charge in [-0.15, -0.1) is 35.8 Å². The molecule has 4 nitrogen and oxygen atoms in total. The Labute approximate surface area is 91.6 Å². The first-order chi connectivity index (χ1) is 6.02. The molecule has 0 aromatic rings. The summed E-state index contributed by atoms with van der Waals surface area (Å²) < 4.78 is 0. The number of piperazine rings is 1. The fourth-order valence-corrected chi connectivity index (χ4v) is 1.97. The molecule has 0 bridgehead atoms. The van der Waals surface area contributed by atoms with Gasteiger partial charge in [-0.3, -0.25) is 10.2 Å². The molecule has 0 radical (unpaired) electrons. The molecule has 0 spiro atoms. The van der Waals surface area contributed by atoms with Crippen molar-refractivity contribution in [1.82, 2.24) is 10.2 Å². The van der Waals surface area contributed by atoms with E-state index >= 15 is 0 Å². The van der Waals surface area contributed by atoms with Crippen LogP contribution in [0.5, 0.6) is 0 Å². The van der Waals surface area contributed by atoms with Crippen LogP contribution in [0.1, 0.15) is 0 Å². The van der Waals surface area contributed by atoms with Crippen molar-refractivity contribution in [3.63, 3.8) is 0 Å². The maximum atomic E-state index is 10.6. The number of aliphatic carboxylic acids is 1. The smallest absolute Gasteiger partial charge is 0.331 e. The summed E-state index contributed by atoms with van der Waals surface area (Å²) in [6.45, 7) is 0.830. The molecule has 0 saturated carbocycles. The Bertz CT molecular complexity index is 207. The highest BCUT2D eigenvalue weighted by molar-refractivity contribution is 7.81. The fourth-order valence-electron chi connectivity index (χ4n) is 1.10. The number of carboxylic acid groups (broad SMARTS) is 1. The minimum atomic E-state index is -1.01. The molecule has 76 valence electrons. The number of halogens is 2. The topological polar surface area (TPSA) is 52.6 Å². The van der Waals surface area contributed by atoms with Crippen molar-refractivity contribution in [3.8, 4) is 0 Å². The molecule has 1 aliphatic rings. The van der Waals surface area contributed by atoms with Crippen molar-refractivity contribution in [1.29, 1.82) is 0 Å². The van der Waals surface area contributed by atoms with Crippen molar-refractivity contribution in [2.45, 2.75) is 16.4 Å². The first-order valence-corrected chi connectivity index (χ1v) is 5.09. The molecule has 3 atom stereocenters. The number of hydrogen-bond donors (Lipinski definition) is 3. The van der Waals surface area contributed by atoms with Gasteiger partial charge in [0.1, 0.15) is 0 Å². The van der Waals surface area contributed by atoms with Crippen molar-refractivity contribution in [2.75, 3.05) is 13.1 Å². The van der Waals surface area contributed by atoms with E-state index in [-0.39, 0.29) is 11.0 Å². The third kappa shape index (κ3) is 2.89. The van der Waals surface area contributed by atoms with Crippen molar-refractivity contribution in [2.24, 2.45) is 0 Å². The Morgan fingerprint density at radius 3 is 2.85 bits per heavy atom. The lowest BCUT2D eigenvalue weighted by Crippen LogP contribution is -2.56. The van der Waals surface area contributed by atoms with Gasteiger partial charge in [-0.25, -0.2) is 4.79 Å². The second kappa shape index (κ2) is 4.70. The number of rotatable bonds is 2. The van der Waals surface area contributed by atoms with Crippen LogP contribution in [0.2, 0.25) is 0 Å². The molecule has 7 heteroatoms. The zero-order valence-electron chi connectivity index (χ0n) is 6.65. The van der Waals surface area contributed by atoms with Gasteiger partial charge in [-0.05, 0) is 0 Å². The van der Waals surface area contributed by atoms with Crippen molar-refractivity contribution >= 4 is 41.8 Å². The summed E-state index contributed by atoms with van der Waals surface area (Å²) in [5, 5.41) is 10.7. The van der Waals surface area contributed by atoms with Crippen molar-refractivity contribution < 1.29 is 9.90 Å². The van der Waals surface area contributed by atoms with E-state index in [2.05, 4.69) is 17.9 Å². The lowest BCUT2D eigenvalue weighted by molar-refractivity contribution is -0.140. The zero-order valence-corrected chi connectivity index (χ0v) is 9.06. The van der Waals surface area contributed by atoms with Gasteiger partial charge in [0.05, 0.1) is 11.0 Å². The van der Waals surface area contributed by atoms with Crippen LogP contribution in [0.25, 0.3) is 0 Å². The molecule has 3 unspecified atom stereocenters. The zero-order chi connectivity index (χ0) is 10.0. The molecule has 0 aliphatic carbocycles. The third-order valence-corrected chi connectivity index (χ3v) is 2.99. The van der Waals surface area contributed by atoms with Crippen LogP contribution in [0.15, 0.2) is 0 Å². The standard InChI is InChI=1S/C6H10Cl2N2O2S/c7-3-2-10(4(8)1-9-3)5(13)6(11)12/h3-5,9,13H,1-2H2,(H,11,12). The Balaban J connectivity index is 2.60. The van der Waals surface area contributed by atoms with Crippen LogP contribution in [-0.2, 0) is 4.79 Å². The summed E-state index contributed by atoms with van der Waals surface area (Å²) in [7, 11) is 0. The number of thiol groups is 1. The summed E-state index contributed by atoms with van der Waals surface area (Å²) in [6.07, 6.45) is 0. The van der Waals surface area contributed by atoms with Crippen LogP contribution in [-0.4, -0.2) is 45.4 Å². The van der Waals surface area contributed by atoms with E-state index in [0.29, 0.717) is 13.1 Å². The van der Waals surface area contributed by atoms with E-state index in [1.54, 1.807) is 0 Å². The molecule has 0 aromatic heterocycles. The Morgan fingerprint density at radius 2 is 2.31 bits per heavy atom. The van der Waals surface area contributed by atoms with Gasteiger partial charge < -0.3 is 5.11 Å². The van der Waals surface area contributed by atoms with Crippen LogP contribution in [0.4, 0.5) is 0 Å². The Morgan fingerprint density at radius 1 is 1.69 bits per heavy atom. The molecular weight excluding hydrogens is 235 g/mol. The molecule has 2 N–H and O–H groups in total. The number of hydrogen-bond acceptors (Lipinski definition) is 4. The second-order valence-corrected chi connectivity index (χ2v) is 4.24. The molecule has 0 aromatic carbocycles. The molecular formula is C6H10Cl2N2O2S. The second-order valence-electron chi connectivity index (χ2n) is 2.72. The number of alkyl halides is 2. The molecule has 1 saturated heterocycles. The average Bonchev–Trinajstić information content (AvgIpc) is 2.08. The van der Waals surface area contributed by atoms with E-state index in [1.807, 2.05) is 0 Å². The highest BCUT2D eigenvalue weighted by Crippen LogP contribution is 2.18. The van der Waals surface area contributed by atoms with E-state index in [4.69, 9.17) is 28.3 Å². The SMILES string of the molecule is O=C(O)C(S)N1CC(Cl)NCC1Cl. The summed E-state index contributed by atoms with van der Waals surface area (Å²) in [4.78, 5) is 12.1. The average molecular weight is 245 g/mol. The van der Waals surface area contributed by atoms with E-state index < -0.39 is 11.3 Å². The molecule has 0 amide bonds. The number of nitrogens with zero attached hydrogens (tertiary/aromatic N) is 1. The monoisotopic (exact) mass is 244 g/mol. The lowest BCUT2D eigenvalue weighted by atomic mass is 10.3. The predicted octanol–water partition coefficient (Wildman–Crippen LogP) is 0.362. The van der Waals surface area contributed by atoms with Gasteiger partial charge in [-0.2, -0.15) is 0 Å². The number of nitrogens with one attached hydrogen (secondary N) is 1. The van der Waals surface area contributed by atoms with Gasteiger partial charge in [0.15, 0.2) is 5.37 Å². The highest BCUT2D eigenvalue weighted by Gasteiger charge is 2.32. The first kappa shape index (κ1) is 11.4. The quantitative estimate of drug-likeness (QED) is 0.373. The van der Waals surface area contributed by atoms with Gasteiger partial charge in [0.25, 0.3) is 0 Å². The van der Waals surface area contributed by atoms with Gasteiger partial charge >= 0.3 is 5.97 Å². The van der Waals surface area contributed by atoms with Crippen LogP contribution < -0.4 is 5.32 Å². The summed E-state index contributed by atoms with van der Waals surface area (Å²) in [5.74, 6) is -1.01. The first-order valence-electron chi connectivity index (χ1n) is 3.70. The summed E-state index contributed by atoms with van der Waals surface area (Å²) in [6, 6.07) is 0. The molecule has 1 rings (SSSR count). The van der Waals surface area contributed by atoms with Gasteiger partial charge in [-0.1, -0.05) is 0 Å². The molecule has 1 aliphatic heterocycles. The van der Waals surface area contributed by atoms with E-state index in [0.717, 1.165) is 0 Å². The highest BCUT2D eigenvalue weighted by atomic mass is 35.5. The maximum absolute atomic E-state index is 10.6. The van der Waals surface area contributed by atoms with Crippen LogP contribution >= 0.6 is 35.8 Å². The summed E-state index contributed by atoms with van der Waals surface area (Å²) in [5.41, 5.74) is -0.655. The lowest BCUT2D eigenvalue weighted by Gasteiger charge is -2.36. The van der Waals surface area contributed by atoms with Crippen LogP contribution in [0.3, 0.4) is 0 Å². The minimum Gasteiger partial charge on any atom is -0.479 e. The van der Waals surface area contributed by atoms with Gasteiger partial charge in [0.2, 0.25) is 0 Å². The summed E-state index contributed by atoms with van der Waals surface area (Å²) >= 11 is 15.6. The molecule has 1 heterocycles. The van der Waals surface area contributed by atoms with Crippen LogP contribution in [0, 0.1) is 0 Å². The Hall–Kier alpha value is 0.320. The number of carboxylic acids is 1. The molecule has 13 heavy (non-hydrogen) atoms. The normalized spacial score (nSPS) is 32.8. The van der Waals surface area contributed by atoms with Crippen molar-refractivity contribution in [3.05, 3.63) is 0 Å². The van der Waals surface area contributed by atoms with E-state index in [1.165, 1.54) is 4.90 Å². The van der Waals surface area contributed by atoms with Gasteiger partial charge in [0, 0.05) is 13.1 Å². The Kier molecular flexibility index (Phi) is 4.12. The molecule has 1 fully saturated rings. The predicted molar refractivity (Wildman–Crippen MR) is 54.4 cm³/mol. The largest absolute Gasteiger partial charge is 0.479 e. The number of carbonyl (C=O) groups is 1. The third-order valence-electron chi connectivity index (χ3n) is 1.77. The minimum absolute atomic E-state index is 0.274. The van der Waals surface area contributed by atoms with E-state index in [9.17, 15) is 4.79 Å². The maximum Gasteiger partial charge on any atom is 0.331 e. The fraction of sp³-hybridized carbons (Fsp3) is 0.833.